The van der Waals surface area contributed by atoms with Crippen LogP contribution in [0.5, 0.6) is 0 Å². The number of nitrogens with zero attached hydrogens (tertiary/aromatic N) is 1. The Morgan fingerprint density at radius 1 is 1.40 bits per heavy atom. The summed E-state index contributed by atoms with van der Waals surface area (Å²) in [7, 11) is 0. The smallest absolute Gasteiger partial charge is 0.348 e. The van der Waals surface area contributed by atoms with Gasteiger partial charge in [-0.1, -0.05) is 6.07 Å². The molecule has 1 fully saturated rings. The predicted molar refractivity (Wildman–Crippen MR) is 73.1 cm³/mol. The fourth-order valence-electron chi connectivity index (χ4n) is 2.20. The Morgan fingerprint density at radius 2 is 2.20 bits per heavy atom. The third kappa shape index (κ3) is 3.36. The van der Waals surface area contributed by atoms with Crippen molar-refractivity contribution >= 4 is 29.1 Å². The number of likely N-dealkylation sites (tertiary alicyclic amines) is 1. The fourth-order valence-corrected chi connectivity index (χ4v) is 2.82. The van der Waals surface area contributed by atoms with Gasteiger partial charge in [0.15, 0.2) is 6.61 Å². The molecule has 20 heavy (non-hydrogen) atoms. The fraction of sp³-hybridized carbons (Fsp3) is 0.462. The lowest BCUT2D eigenvalue weighted by molar-refractivity contribution is -0.143. The van der Waals surface area contributed by atoms with Crippen LogP contribution < -0.4 is 5.73 Å². The number of hydrogen-bond acceptors (Lipinski definition) is 5. The number of esters is 1. The largest absolute Gasteiger partial charge is 0.451 e. The second-order valence-corrected chi connectivity index (χ2v) is 5.50. The van der Waals surface area contributed by atoms with Crippen molar-refractivity contribution in [2.75, 3.05) is 13.2 Å². The van der Waals surface area contributed by atoms with Crippen molar-refractivity contribution in [2.24, 2.45) is 5.73 Å². The second-order valence-electron chi connectivity index (χ2n) is 4.55. The molecule has 2 heterocycles. The van der Waals surface area contributed by atoms with Gasteiger partial charge in [-0.05, 0) is 30.7 Å². The Bertz CT molecular complexity index is 500. The van der Waals surface area contributed by atoms with Crippen LogP contribution in [0, 0.1) is 0 Å². The molecule has 1 aliphatic rings. The van der Waals surface area contributed by atoms with Gasteiger partial charge in [0.25, 0.3) is 5.91 Å². The highest BCUT2D eigenvalue weighted by Crippen LogP contribution is 2.17. The summed E-state index contributed by atoms with van der Waals surface area (Å²) >= 11 is 1.25. The number of piperidine rings is 1. The SMILES string of the molecule is NC(=O)[C@H]1CCCCN1C(=O)COC(=O)c1cccs1. The maximum absolute atomic E-state index is 12.0. The lowest BCUT2D eigenvalue weighted by Gasteiger charge is -2.33. The van der Waals surface area contributed by atoms with Crippen LogP contribution in [0.1, 0.15) is 28.9 Å². The van der Waals surface area contributed by atoms with Crippen molar-refractivity contribution in [3.8, 4) is 0 Å². The first-order valence-electron chi connectivity index (χ1n) is 6.39. The van der Waals surface area contributed by atoms with Gasteiger partial charge < -0.3 is 15.4 Å². The van der Waals surface area contributed by atoms with E-state index in [9.17, 15) is 14.4 Å². The molecule has 0 saturated carbocycles. The molecule has 0 unspecified atom stereocenters. The van der Waals surface area contributed by atoms with E-state index in [-0.39, 0.29) is 12.5 Å². The van der Waals surface area contributed by atoms with Crippen molar-refractivity contribution in [3.63, 3.8) is 0 Å². The lowest BCUT2D eigenvalue weighted by Crippen LogP contribution is -2.51. The number of primary amides is 1. The minimum atomic E-state index is -0.586. The maximum atomic E-state index is 12.0. The van der Waals surface area contributed by atoms with E-state index in [0.717, 1.165) is 12.8 Å². The molecular formula is C13H16N2O4S. The normalized spacial score (nSPS) is 18.6. The molecule has 1 aliphatic heterocycles. The zero-order valence-corrected chi connectivity index (χ0v) is 11.7. The first kappa shape index (κ1) is 14.5. The van der Waals surface area contributed by atoms with E-state index >= 15 is 0 Å². The summed E-state index contributed by atoms with van der Waals surface area (Å²) in [6.45, 7) is 0.115. The summed E-state index contributed by atoms with van der Waals surface area (Å²) < 4.78 is 4.96. The third-order valence-corrected chi connectivity index (χ3v) is 4.05. The highest BCUT2D eigenvalue weighted by Gasteiger charge is 2.31. The molecule has 108 valence electrons. The van der Waals surface area contributed by atoms with Gasteiger partial charge in [0.05, 0.1) is 0 Å². The predicted octanol–water partition coefficient (Wildman–Crippen LogP) is 0.771. The number of amides is 2. The molecule has 1 aromatic rings. The van der Waals surface area contributed by atoms with E-state index in [2.05, 4.69) is 0 Å². The summed E-state index contributed by atoms with van der Waals surface area (Å²) in [6.07, 6.45) is 2.26. The summed E-state index contributed by atoms with van der Waals surface area (Å²) in [4.78, 5) is 36.8. The van der Waals surface area contributed by atoms with Crippen LogP contribution in [0.3, 0.4) is 0 Å². The number of carbonyl (C=O) groups is 3. The molecule has 0 aromatic carbocycles. The molecule has 7 heteroatoms. The van der Waals surface area contributed by atoms with Gasteiger partial charge in [0.2, 0.25) is 5.91 Å². The molecule has 1 aromatic heterocycles. The van der Waals surface area contributed by atoms with Gasteiger partial charge >= 0.3 is 5.97 Å². The zero-order valence-electron chi connectivity index (χ0n) is 10.9. The van der Waals surface area contributed by atoms with Crippen LogP contribution in [0.4, 0.5) is 0 Å². The molecule has 6 nitrogen and oxygen atoms in total. The van der Waals surface area contributed by atoms with Crippen LogP contribution >= 0.6 is 11.3 Å². The Hall–Kier alpha value is -1.89. The lowest BCUT2D eigenvalue weighted by atomic mass is 10.0. The third-order valence-electron chi connectivity index (χ3n) is 3.20. The van der Waals surface area contributed by atoms with E-state index in [1.165, 1.54) is 16.2 Å². The first-order valence-corrected chi connectivity index (χ1v) is 7.27. The van der Waals surface area contributed by atoms with Gasteiger partial charge in [-0.2, -0.15) is 0 Å². The van der Waals surface area contributed by atoms with E-state index in [0.29, 0.717) is 17.8 Å². The topological polar surface area (TPSA) is 89.7 Å². The van der Waals surface area contributed by atoms with Crippen LogP contribution in [0.25, 0.3) is 0 Å². The van der Waals surface area contributed by atoms with Crippen LogP contribution in [0.15, 0.2) is 17.5 Å². The molecule has 1 saturated heterocycles. The molecular weight excluding hydrogens is 280 g/mol. The average molecular weight is 296 g/mol. The van der Waals surface area contributed by atoms with Gasteiger partial charge in [-0.3, -0.25) is 9.59 Å². The molecule has 1 atom stereocenters. The van der Waals surface area contributed by atoms with Crippen LogP contribution in [-0.2, 0) is 14.3 Å². The standard InChI is InChI=1S/C13H16N2O4S/c14-12(17)9-4-1-2-6-15(9)11(16)8-19-13(18)10-5-3-7-20-10/h3,5,7,9H,1-2,4,6,8H2,(H2,14,17)/t9-/m1/s1. The zero-order chi connectivity index (χ0) is 14.5. The van der Waals surface area contributed by atoms with Gasteiger partial charge in [0.1, 0.15) is 10.9 Å². The van der Waals surface area contributed by atoms with Crippen molar-refractivity contribution in [3.05, 3.63) is 22.4 Å². The Balaban J connectivity index is 1.90. The number of thiophene rings is 1. The van der Waals surface area contributed by atoms with Crippen molar-refractivity contribution in [1.29, 1.82) is 0 Å². The molecule has 2 N–H and O–H groups in total. The number of ether oxygens (including phenoxy) is 1. The molecule has 2 rings (SSSR count). The highest BCUT2D eigenvalue weighted by molar-refractivity contribution is 7.11. The monoisotopic (exact) mass is 296 g/mol. The van der Waals surface area contributed by atoms with E-state index < -0.39 is 17.9 Å². The Kier molecular flexibility index (Phi) is 4.73. The van der Waals surface area contributed by atoms with Crippen molar-refractivity contribution in [2.45, 2.75) is 25.3 Å². The Morgan fingerprint density at radius 3 is 2.85 bits per heavy atom. The number of carbonyl (C=O) groups excluding carboxylic acids is 3. The average Bonchev–Trinajstić information content (AvgIpc) is 2.98. The van der Waals surface area contributed by atoms with Crippen molar-refractivity contribution in [1.82, 2.24) is 4.90 Å². The van der Waals surface area contributed by atoms with Crippen LogP contribution in [-0.4, -0.2) is 41.9 Å². The minimum absolute atomic E-state index is 0.361. The van der Waals surface area contributed by atoms with E-state index in [4.69, 9.17) is 10.5 Å². The first-order chi connectivity index (χ1) is 9.59. The highest BCUT2D eigenvalue weighted by atomic mass is 32.1. The summed E-state index contributed by atoms with van der Waals surface area (Å²) in [5.41, 5.74) is 5.29. The van der Waals surface area contributed by atoms with E-state index in [1.54, 1.807) is 17.5 Å². The second kappa shape index (κ2) is 6.51. The van der Waals surface area contributed by atoms with Gasteiger partial charge in [0, 0.05) is 6.54 Å². The maximum Gasteiger partial charge on any atom is 0.348 e. The summed E-state index contributed by atoms with van der Waals surface area (Å²) in [6, 6.07) is 2.78. The number of rotatable bonds is 4. The number of hydrogen-bond donors (Lipinski definition) is 1. The van der Waals surface area contributed by atoms with E-state index in [1.807, 2.05) is 0 Å². The summed E-state index contributed by atoms with van der Waals surface area (Å²) in [5, 5.41) is 1.76. The quantitative estimate of drug-likeness (QED) is 0.831. The molecule has 0 bridgehead atoms. The molecule has 2 amide bonds. The van der Waals surface area contributed by atoms with Gasteiger partial charge in [-0.15, -0.1) is 11.3 Å². The molecule has 0 aliphatic carbocycles. The molecule has 0 spiro atoms. The summed E-state index contributed by atoms with van der Waals surface area (Å²) in [5.74, 6) is -1.41. The number of nitrogens with two attached hydrogens (primary N) is 1. The van der Waals surface area contributed by atoms with Gasteiger partial charge in [-0.25, -0.2) is 4.79 Å². The van der Waals surface area contributed by atoms with Crippen LogP contribution in [0.2, 0.25) is 0 Å². The Labute approximate surface area is 120 Å². The minimum Gasteiger partial charge on any atom is -0.451 e. The molecule has 0 radical (unpaired) electrons. The van der Waals surface area contributed by atoms with Crippen molar-refractivity contribution < 1.29 is 19.1 Å².